The lowest BCUT2D eigenvalue weighted by atomic mass is 10.1. The van der Waals surface area contributed by atoms with Gasteiger partial charge in [0.1, 0.15) is 0 Å². The number of carboxylic acids is 1. The number of aryl methyl sites for hydroxylation is 1. The monoisotopic (exact) mass is 543 g/mol. The Balaban J connectivity index is 2.51. The largest absolute Gasteiger partial charge is 0.481 e. The zero-order chi connectivity index (χ0) is 28.6. The van der Waals surface area contributed by atoms with Gasteiger partial charge in [0.2, 0.25) is 17.8 Å². The fourth-order valence-electron chi connectivity index (χ4n) is 3.27. The van der Waals surface area contributed by atoms with Crippen LogP contribution in [0.15, 0.2) is 47.5 Å². The molecule has 204 valence electrons. The van der Waals surface area contributed by atoms with Gasteiger partial charge in [-0.15, -0.1) is 0 Å². The van der Waals surface area contributed by atoms with Gasteiger partial charge in [0.15, 0.2) is 0 Å². The smallest absolute Gasteiger partial charge is 0.326 e. The van der Waals surface area contributed by atoms with Gasteiger partial charge < -0.3 is 15.3 Å². The molecule has 2 rings (SSSR count). The molecule has 4 amide bonds. The van der Waals surface area contributed by atoms with Gasteiger partial charge in [0, 0.05) is 26.4 Å². The van der Waals surface area contributed by atoms with Gasteiger partial charge in [-0.05, 0) is 30.7 Å². The molecule has 3 N–H and O–H groups in total. The van der Waals surface area contributed by atoms with E-state index in [-0.39, 0.29) is 35.9 Å². The number of anilines is 1. The summed E-state index contributed by atoms with van der Waals surface area (Å²) < 4.78 is 0. The maximum absolute atomic E-state index is 13.5. The molecular weight excluding hydrogens is 510 g/mol. The van der Waals surface area contributed by atoms with Crippen molar-refractivity contribution >= 4 is 52.8 Å². The summed E-state index contributed by atoms with van der Waals surface area (Å²) in [4.78, 5) is 56.1. The number of benzene rings is 2. The highest BCUT2D eigenvalue weighted by Gasteiger charge is 2.27. The average Bonchev–Trinajstić information content (AvgIpc) is 2.83. The topological polar surface area (TPSA) is 131 Å². The van der Waals surface area contributed by atoms with Crippen LogP contribution in [0.1, 0.15) is 38.8 Å². The van der Waals surface area contributed by atoms with Gasteiger partial charge >= 0.3 is 12.0 Å². The minimum absolute atomic E-state index is 0.0536. The third-order valence-electron chi connectivity index (χ3n) is 5.50. The molecule has 0 radical (unpaired) electrons. The molecule has 0 aliphatic rings. The second kappa shape index (κ2) is 13.6. The highest BCUT2D eigenvalue weighted by molar-refractivity contribution is 6.34. The maximum atomic E-state index is 13.5. The van der Waals surface area contributed by atoms with Crippen molar-refractivity contribution in [2.45, 2.75) is 41.2 Å². The Kier molecular flexibility index (Phi) is 10.8. The molecule has 0 unspecified atom stereocenters. The minimum Gasteiger partial charge on any atom is -0.481 e. The van der Waals surface area contributed by atoms with Crippen LogP contribution in [-0.4, -0.2) is 58.3 Å². The molecule has 11 heteroatoms. The number of rotatable bonds is 8. The Morgan fingerprint density at radius 2 is 1.68 bits per heavy atom. The zero-order valence-corrected chi connectivity index (χ0v) is 23.2. The van der Waals surface area contributed by atoms with Crippen LogP contribution in [0.5, 0.6) is 0 Å². The first-order valence-corrected chi connectivity index (χ1v) is 12.4. The molecular formula is C27H34ClN5O5. The van der Waals surface area contributed by atoms with E-state index < -0.39 is 23.8 Å². The molecule has 10 nitrogen and oxygen atoms in total. The minimum atomic E-state index is -1.04. The zero-order valence-electron chi connectivity index (χ0n) is 22.4. The van der Waals surface area contributed by atoms with Gasteiger partial charge in [-0.1, -0.05) is 62.2 Å². The molecule has 2 aromatic rings. The van der Waals surface area contributed by atoms with E-state index in [4.69, 9.17) is 11.6 Å². The van der Waals surface area contributed by atoms with Crippen molar-refractivity contribution in [2.75, 3.05) is 18.9 Å². The van der Waals surface area contributed by atoms with Crippen molar-refractivity contribution in [1.82, 2.24) is 15.1 Å². The summed E-state index contributed by atoms with van der Waals surface area (Å²) in [6.45, 7) is 8.25. The summed E-state index contributed by atoms with van der Waals surface area (Å²) in [5.41, 5.74) is 2.53. The molecule has 38 heavy (non-hydrogen) atoms. The fourth-order valence-corrected chi connectivity index (χ4v) is 3.49. The van der Waals surface area contributed by atoms with Gasteiger partial charge in [-0.25, -0.2) is 9.79 Å². The van der Waals surface area contributed by atoms with Crippen LogP contribution in [0, 0.1) is 18.8 Å². The number of hydrogen-bond donors (Lipinski definition) is 3. The summed E-state index contributed by atoms with van der Waals surface area (Å²) in [6, 6.07) is 11.6. The Morgan fingerprint density at radius 1 is 1.05 bits per heavy atom. The van der Waals surface area contributed by atoms with Crippen LogP contribution in [0.25, 0.3) is 0 Å². The van der Waals surface area contributed by atoms with Crippen molar-refractivity contribution < 1.29 is 24.3 Å². The number of urea groups is 1. The third kappa shape index (κ3) is 8.88. The van der Waals surface area contributed by atoms with Crippen molar-refractivity contribution in [2.24, 2.45) is 16.8 Å². The second-order valence-corrected chi connectivity index (χ2v) is 9.81. The van der Waals surface area contributed by atoms with E-state index in [0.717, 1.165) is 11.1 Å². The van der Waals surface area contributed by atoms with Crippen molar-refractivity contribution in [3.63, 3.8) is 0 Å². The predicted octanol–water partition coefficient (Wildman–Crippen LogP) is 4.64. The van der Waals surface area contributed by atoms with Crippen LogP contribution in [-0.2, 0) is 20.9 Å². The number of nitrogens with zero attached hydrogens (tertiary/aromatic N) is 3. The van der Waals surface area contributed by atoms with E-state index in [9.17, 15) is 24.3 Å². The Bertz CT molecular complexity index is 1210. The van der Waals surface area contributed by atoms with E-state index in [1.165, 1.54) is 36.8 Å². The SMILES string of the molecule is CC(=O)NC(=Nc1ccc(NC(=O)C(C)C)c(Cl)c1)N(Cc1ccc(C)cc1)C(=O)N(C)C[C@H](C)C(=O)O. The van der Waals surface area contributed by atoms with Gasteiger partial charge in [0.25, 0.3) is 0 Å². The highest BCUT2D eigenvalue weighted by Crippen LogP contribution is 2.28. The average molecular weight is 544 g/mol. The number of nitrogens with one attached hydrogen (secondary N) is 2. The van der Waals surface area contributed by atoms with Crippen LogP contribution >= 0.6 is 11.6 Å². The number of carboxylic acid groups (broad SMARTS) is 1. The lowest BCUT2D eigenvalue weighted by molar-refractivity contribution is -0.141. The van der Waals surface area contributed by atoms with Gasteiger partial charge in [-0.2, -0.15) is 0 Å². The first-order valence-electron chi connectivity index (χ1n) is 12.1. The third-order valence-corrected chi connectivity index (χ3v) is 5.81. The van der Waals surface area contributed by atoms with Crippen molar-refractivity contribution in [3.05, 3.63) is 58.6 Å². The van der Waals surface area contributed by atoms with Crippen LogP contribution in [0.4, 0.5) is 16.2 Å². The summed E-state index contributed by atoms with van der Waals surface area (Å²) in [5, 5.41) is 14.9. The van der Waals surface area contributed by atoms with Crippen LogP contribution < -0.4 is 10.6 Å². The molecule has 2 aromatic carbocycles. The lowest BCUT2D eigenvalue weighted by Gasteiger charge is -2.30. The molecule has 0 fully saturated rings. The maximum Gasteiger partial charge on any atom is 0.326 e. The number of carbonyl (C=O) groups is 4. The molecule has 0 saturated heterocycles. The lowest BCUT2D eigenvalue weighted by Crippen LogP contribution is -2.51. The van der Waals surface area contributed by atoms with Crippen LogP contribution in [0.3, 0.4) is 0 Å². The molecule has 0 saturated carbocycles. The van der Waals surface area contributed by atoms with E-state index >= 15 is 0 Å². The second-order valence-electron chi connectivity index (χ2n) is 9.40. The Labute approximate surface area is 227 Å². The van der Waals surface area contributed by atoms with Gasteiger partial charge in [0.05, 0.1) is 28.9 Å². The Hall–Kier alpha value is -3.92. The molecule has 0 aromatic heterocycles. The first kappa shape index (κ1) is 30.3. The van der Waals surface area contributed by atoms with Gasteiger partial charge in [-0.3, -0.25) is 24.6 Å². The number of guanidine groups is 1. The number of amides is 4. The van der Waals surface area contributed by atoms with E-state index in [1.54, 1.807) is 26.0 Å². The standard InChI is InChI=1S/C27H34ClN5O5/c1-16(2)24(35)31-23-12-11-21(13-22(23)28)30-26(29-19(5)34)33(15-20-9-7-17(3)8-10-20)27(38)32(6)14-18(4)25(36)37/h7-13,16,18H,14-15H2,1-6H3,(H,31,35)(H,36,37)(H,29,30,34)/t18-/m0/s1. The highest BCUT2D eigenvalue weighted by atomic mass is 35.5. The quantitative estimate of drug-likeness (QED) is 0.329. The number of halogens is 1. The normalized spacial score (nSPS) is 12.1. The molecule has 0 heterocycles. The summed E-state index contributed by atoms with van der Waals surface area (Å²) in [7, 11) is 1.48. The van der Waals surface area contributed by atoms with Crippen LogP contribution in [0.2, 0.25) is 5.02 Å². The summed E-state index contributed by atoms with van der Waals surface area (Å²) in [6.07, 6.45) is 0. The molecule has 0 aliphatic heterocycles. The molecule has 0 aliphatic carbocycles. The Morgan fingerprint density at radius 3 is 2.21 bits per heavy atom. The summed E-state index contributed by atoms with van der Waals surface area (Å²) in [5.74, 6) is -2.80. The van der Waals surface area contributed by atoms with E-state index in [1.807, 2.05) is 31.2 Å². The fraction of sp³-hybridized carbons (Fsp3) is 0.370. The number of aliphatic carboxylic acids is 1. The number of hydrogen-bond acceptors (Lipinski definition) is 5. The predicted molar refractivity (Wildman–Crippen MR) is 147 cm³/mol. The molecule has 0 spiro atoms. The first-order chi connectivity index (χ1) is 17.8. The van der Waals surface area contributed by atoms with E-state index in [0.29, 0.717) is 11.4 Å². The number of carbonyl (C=O) groups excluding carboxylic acids is 3. The molecule has 0 bridgehead atoms. The van der Waals surface area contributed by atoms with Crippen molar-refractivity contribution in [3.8, 4) is 0 Å². The van der Waals surface area contributed by atoms with E-state index in [2.05, 4.69) is 15.6 Å². The number of aliphatic imine (C=N–C) groups is 1. The van der Waals surface area contributed by atoms with Crippen molar-refractivity contribution in [1.29, 1.82) is 0 Å². The summed E-state index contributed by atoms with van der Waals surface area (Å²) >= 11 is 6.38. The molecule has 1 atom stereocenters.